The number of carbonyl (C=O) groups is 4. The van der Waals surface area contributed by atoms with Crippen LogP contribution in [0.4, 0.5) is 11.4 Å². The highest BCUT2D eigenvalue weighted by atomic mass is 16.5. The molecule has 0 aromatic heterocycles. The molecule has 7 heteroatoms. The maximum Gasteiger partial charge on any atom is 0.306 e. The molecule has 0 saturated heterocycles. The predicted molar refractivity (Wildman–Crippen MR) is 117 cm³/mol. The maximum atomic E-state index is 12.8. The number of para-hydroxylation sites is 2. The average Bonchev–Trinajstić information content (AvgIpc) is 2.86. The fourth-order valence-electron chi connectivity index (χ4n) is 3.53. The van der Waals surface area contributed by atoms with Crippen molar-refractivity contribution in [1.29, 1.82) is 0 Å². The number of ether oxygens (including phenoxy) is 1. The molecule has 2 amide bonds. The number of aryl methyl sites for hydroxylation is 2. The van der Waals surface area contributed by atoms with E-state index in [9.17, 15) is 19.2 Å². The van der Waals surface area contributed by atoms with Gasteiger partial charge in [0, 0.05) is 24.4 Å². The molecule has 0 saturated carbocycles. The highest BCUT2D eigenvalue weighted by Crippen LogP contribution is 2.31. The summed E-state index contributed by atoms with van der Waals surface area (Å²) in [7, 11) is 0. The van der Waals surface area contributed by atoms with Gasteiger partial charge in [0.15, 0.2) is 12.4 Å². The molecule has 0 radical (unpaired) electrons. The third kappa shape index (κ3) is 5.36. The number of rotatable bonds is 6. The van der Waals surface area contributed by atoms with Gasteiger partial charge in [-0.1, -0.05) is 24.3 Å². The molecule has 0 aliphatic carbocycles. The Balaban J connectivity index is 1.57. The molecular formula is C24H26N2O5. The van der Waals surface area contributed by atoms with Crippen LogP contribution < -0.4 is 10.2 Å². The van der Waals surface area contributed by atoms with Gasteiger partial charge < -0.3 is 15.0 Å². The fourth-order valence-corrected chi connectivity index (χ4v) is 3.53. The number of nitrogens with zero attached hydrogens (tertiary/aromatic N) is 1. The molecule has 1 atom stereocenters. The lowest BCUT2D eigenvalue weighted by atomic mass is 10.0. The van der Waals surface area contributed by atoms with Crippen LogP contribution in [-0.4, -0.2) is 36.2 Å². The first-order chi connectivity index (χ1) is 14.8. The predicted octanol–water partition coefficient (Wildman–Crippen LogP) is 3.57. The Morgan fingerprint density at radius 3 is 2.55 bits per heavy atom. The van der Waals surface area contributed by atoms with E-state index in [-0.39, 0.29) is 37.0 Å². The average molecular weight is 422 g/mol. The fraction of sp³-hybridized carbons (Fsp3) is 0.333. The van der Waals surface area contributed by atoms with Crippen LogP contribution in [0.5, 0.6) is 0 Å². The first-order valence-electron chi connectivity index (χ1n) is 10.2. The van der Waals surface area contributed by atoms with E-state index in [4.69, 9.17) is 4.74 Å². The molecular weight excluding hydrogens is 396 g/mol. The molecule has 1 N–H and O–H groups in total. The van der Waals surface area contributed by atoms with Gasteiger partial charge >= 0.3 is 5.97 Å². The Labute approximate surface area is 181 Å². The molecule has 2 aromatic rings. The highest BCUT2D eigenvalue weighted by Gasteiger charge is 2.30. The van der Waals surface area contributed by atoms with E-state index in [0.29, 0.717) is 16.9 Å². The third-order valence-electron chi connectivity index (χ3n) is 5.37. The minimum absolute atomic E-state index is 0.0108. The Hall–Kier alpha value is -3.48. The number of carbonyl (C=O) groups excluding carboxylic acids is 4. The van der Waals surface area contributed by atoms with Crippen LogP contribution in [0.2, 0.25) is 0 Å². The number of anilines is 2. The lowest BCUT2D eigenvalue weighted by Crippen LogP contribution is -2.41. The zero-order chi connectivity index (χ0) is 22.5. The second kappa shape index (κ2) is 9.55. The van der Waals surface area contributed by atoms with Crippen molar-refractivity contribution in [3.05, 3.63) is 59.2 Å². The molecule has 1 aliphatic heterocycles. The second-order valence-corrected chi connectivity index (χ2v) is 7.77. The van der Waals surface area contributed by atoms with E-state index in [1.54, 1.807) is 43.3 Å². The van der Waals surface area contributed by atoms with Crippen LogP contribution in [0.3, 0.4) is 0 Å². The van der Waals surface area contributed by atoms with Crippen molar-refractivity contribution in [3.63, 3.8) is 0 Å². The monoisotopic (exact) mass is 422 g/mol. The van der Waals surface area contributed by atoms with Crippen molar-refractivity contribution in [3.8, 4) is 0 Å². The summed E-state index contributed by atoms with van der Waals surface area (Å²) >= 11 is 0. The number of fused-ring (bicyclic) bond motifs is 1. The van der Waals surface area contributed by atoms with E-state index in [1.165, 1.54) is 4.90 Å². The van der Waals surface area contributed by atoms with E-state index >= 15 is 0 Å². The standard InChI is InChI=1S/C24H26N2O5/c1-15-8-9-18(12-16(15)2)21(27)10-11-24(30)31-14-23(29)26-17(3)13-22(28)25-19-6-4-5-7-20(19)26/h4-9,12,17H,10-11,13-14H2,1-3H3,(H,25,28)/t17-/m1/s1. The van der Waals surface area contributed by atoms with Crippen LogP contribution in [0, 0.1) is 13.8 Å². The quantitative estimate of drug-likeness (QED) is 0.567. The van der Waals surface area contributed by atoms with Crippen molar-refractivity contribution >= 4 is 34.9 Å². The number of hydrogen-bond donors (Lipinski definition) is 1. The van der Waals surface area contributed by atoms with Crippen LogP contribution >= 0.6 is 0 Å². The van der Waals surface area contributed by atoms with E-state index < -0.39 is 18.5 Å². The Kier molecular flexibility index (Phi) is 6.84. The minimum atomic E-state index is -0.615. The maximum absolute atomic E-state index is 12.8. The van der Waals surface area contributed by atoms with Crippen molar-refractivity contribution < 1.29 is 23.9 Å². The zero-order valence-electron chi connectivity index (χ0n) is 17.9. The summed E-state index contributed by atoms with van der Waals surface area (Å²) < 4.78 is 5.13. The Bertz CT molecular complexity index is 1030. The zero-order valence-corrected chi connectivity index (χ0v) is 17.9. The third-order valence-corrected chi connectivity index (χ3v) is 5.37. The molecule has 0 bridgehead atoms. The van der Waals surface area contributed by atoms with Crippen LogP contribution in [-0.2, 0) is 19.1 Å². The summed E-state index contributed by atoms with van der Waals surface area (Å²) in [4.78, 5) is 50.8. The van der Waals surface area contributed by atoms with Gasteiger partial charge in [-0.3, -0.25) is 19.2 Å². The normalized spacial score (nSPS) is 15.5. The van der Waals surface area contributed by atoms with Gasteiger partial charge in [0.1, 0.15) is 0 Å². The van der Waals surface area contributed by atoms with Crippen LogP contribution in [0.15, 0.2) is 42.5 Å². The van der Waals surface area contributed by atoms with E-state index in [1.807, 2.05) is 19.9 Å². The largest absolute Gasteiger partial charge is 0.456 e. The smallest absolute Gasteiger partial charge is 0.306 e. The SMILES string of the molecule is Cc1ccc(C(=O)CCC(=O)OCC(=O)N2c3ccccc3NC(=O)C[C@H]2C)cc1C. The topological polar surface area (TPSA) is 92.8 Å². The number of Topliss-reactive ketones (excluding diaryl/α,β-unsaturated/α-hetero) is 1. The van der Waals surface area contributed by atoms with Gasteiger partial charge in [-0.05, 0) is 50.1 Å². The molecule has 0 unspecified atom stereocenters. The van der Waals surface area contributed by atoms with E-state index in [0.717, 1.165) is 11.1 Å². The first-order valence-corrected chi connectivity index (χ1v) is 10.2. The number of hydrogen-bond acceptors (Lipinski definition) is 5. The summed E-state index contributed by atoms with van der Waals surface area (Å²) in [5.41, 5.74) is 3.76. The molecule has 31 heavy (non-hydrogen) atoms. The van der Waals surface area contributed by atoms with Crippen molar-refractivity contribution in [2.45, 2.75) is 46.1 Å². The van der Waals surface area contributed by atoms with Crippen molar-refractivity contribution in [2.75, 3.05) is 16.8 Å². The van der Waals surface area contributed by atoms with Crippen molar-refractivity contribution in [1.82, 2.24) is 0 Å². The van der Waals surface area contributed by atoms with Crippen LogP contribution in [0.1, 0.15) is 47.7 Å². The van der Waals surface area contributed by atoms with Gasteiger partial charge in [-0.15, -0.1) is 0 Å². The van der Waals surface area contributed by atoms with Gasteiger partial charge in [0.05, 0.1) is 17.8 Å². The molecule has 162 valence electrons. The number of esters is 1. The highest BCUT2D eigenvalue weighted by molar-refractivity contribution is 6.05. The molecule has 2 aromatic carbocycles. The summed E-state index contributed by atoms with van der Waals surface area (Å²) in [5.74, 6) is -1.37. The number of ketones is 1. The molecule has 3 rings (SSSR count). The van der Waals surface area contributed by atoms with E-state index in [2.05, 4.69) is 5.32 Å². The second-order valence-electron chi connectivity index (χ2n) is 7.77. The summed E-state index contributed by atoms with van der Waals surface area (Å²) in [5, 5.41) is 2.78. The molecule has 0 spiro atoms. The van der Waals surface area contributed by atoms with Gasteiger partial charge in [0.2, 0.25) is 5.91 Å². The van der Waals surface area contributed by atoms with Crippen molar-refractivity contribution in [2.24, 2.45) is 0 Å². The van der Waals surface area contributed by atoms with Gasteiger partial charge in [-0.25, -0.2) is 0 Å². The lowest BCUT2D eigenvalue weighted by molar-refractivity contribution is -0.147. The summed E-state index contributed by atoms with van der Waals surface area (Å²) in [6, 6.07) is 12.0. The minimum Gasteiger partial charge on any atom is -0.456 e. The van der Waals surface area contributed by atoms with Gasteiger partial charge in [0.25, 0.3) is 5.91 Å². The first kappa shape index (κ1) is 22.2. The molecule has 0 fully saturated rings. The summed E-state index contributed by atoms with van der Waals surface area (Å²) in [6.45, 7) is 5.21. The number of nitrogens with one attached hydrogen (secondary N) is 1. The molecule has 7 nitrogen and oxygen atoms in total. The van der Waals surface area contributed by atoms with Crippen LogP contribution in [0.25, 0.3) is 0 Å². The summed E-state index contributed by atoms with van der Waals surface area (Å²) in [6.07, 6.45) is 0.0426. The van der Waals surface area contributed by atoms with Gasteiger partial charge in [-0.2, -0.15) is 0 Å². The Morgan fingerprint density at radius 1 is 1.06 bits per heavy atom. The Morgan fingerprint density at radius 2 is 1.81 bits per heavy atom. The molecule has 1 aliphatic rings. The lowest BCUT2D eigenvalue weighted by Gasteiger charge is -2.27. The number of benzene rings is 2. The molecule has 1 heterocycles. The number of amides is 2.